The van der Waals surface area contributed by atoms with Crippen molar-refractivity contribution in [3.8, 4) is 0 Å². The Morgan fingerprint density at radius 1 is 1.44 bits per heavy atom. The number of nitro groups is 1. The van der Waals surface area contributed by atoms with Crippen LogP contribution in [0, 0.1) is 17.0 Å². The minimum Gasteiger partial charge on any atom is -0.460 e. The van der Waals surface area contributed by atoms with E-state index in [4.69, 9.17) is 9.15 Å². The molecule has 0 amide bonds. The van der Waals surface area contributed by atoms with Crippen molar-refractivity contribution in [1.82, 2.24) is 0 Å². The van der Waals surface area contributed by atoms with Crippen LogP contribution in [0.3, 0.4) is 0 Å². The molecule has 0 spiro atoms. The van der Waals surface area contributed by atoms with Crippen molar-refractivity contribution in [1.29, 1.82) is 0 Å². The summed E-state index contributed by atoms with van der Waals surface area (Å²) < 4.78 is 10.2. The number of nitrogens with zero attached hydrogens (tertiary/aromatic N) is 1. The summed E-state index contributed by atoms with van der Waals surface area (Å²) in [7, 11) is 0. The summed E-state index contributed by atoms with van der Waals surface area (Å²) >= 11 is 0. The van der Waals surface area contributed by atoms with E-state index < -0.39 is 10.9 Å². The van der Waals surface area contributed by atoms with Crippen LogP contribution in [0.5, 0.6) is 0 Å². The number of carbonyl (C=O) groups is 1. The summed E-state index contributed by atoms with van der Waals surface area (Å²) in [5.41, 5.74) is 1.04. The van der Waals surface area contributed by atoms with E-state index in [0.717, 1.165) is 0 Å². The summed E-state index contributed by atoms with van der Waals surface area (Å²) in [6.45, 7) is 3.62. The quantitative estimate of drug-likeness (QED) is 0.474. The average molecular weight is 249 g/mol. The molecule has 0 saturated carbocycles. The molecule has 0 radical (unpaired) electrons. The predicted molar refractivity (Wildman–Crippen MR) is 63.6 cm³/mol. The predicted octanol–water partition coefficient (Wildman–Crippen LogP) is 2.83. The van der Waals surface area contributed by atoms with Crippen LogP contribution in [-0.4, -0.2) is 17.5 Å². The monoisotopic (exact) mass is 249 g/mol. The van der Waals surface area contributed by atoms with Gasteiger partial charge < -0.3 is 9.15 Å². The molecule has 2 aromatic rings. The number of hydrogen-bond donors (Lipinski definition) is 0. The molecule has 1 aromatic carbocycles. The Morgan fingerprint density at radius 3 is 2.78 bits per heavy atom. The number of hydrogen-bond acceptors (Lipinski definition) is 5. The van der Waals surface area contributed by atoms with E-state index in [1.54, 1.807) is 13.8 Å². The second kappa shape index (κ2) is 4.48. The first kappa shape index (κ1) is 12.1. The van der Waals surface area contributed by atoms with Gasteiger partial charge in [-0.1, -0.05) is 0 Å². The first-order chi connectivity index (χ1) is 8.52. The summed E-state index contributed by atoms with van der Waals surface area (Å²) in [5.74, 6) is -0.522. The number of rotatable bonds is 3. The molecule has 1 aromatic heterocycles. The maximum absolute atomic E-state index is 11.5. The van der Waals surface area contributed by atoms with Crippen molar-refractivity contribution in [3.63, 3.8) is 0 Å². The number of carbonyl (C=O) groups excluding carboxylic acids is 1. The Hall–Kier alpha value is -2.37. The van der Waals surface area contributed by atoms with E-state index in [9.17, 15) is 14.9 Å². The van der Waals surface area contributed by atoms with Crippen molar-refractivity contribution < 1.29 is 18.9 Å². The maximum atomic E-state index is 11.5. The van der Waals surface area contributed by atoms with Crippen LogP contribution in [0.25, 0.3) is 11.0 Å². The van der Waals surface area contributed by atoms with Gasteiger partial charge in [0.25, 0.3) is 5.69 Å². The molecule has 0 bridgehead atoms. The van der Waals surface area contributed by atoms with Crippen LogP contribution < -0.4 is 0 Å². The summed E-state index contributed by atoms with van der Waals surface area (Å²) in [4.78, 5) is 21.7. The Labute approximate surface area is 102 Å². The van der Waals surface area contributed by atoms with Crippen LogP contribution in [0.4, 0.5) is 5.69 Å². The number of ether oxygens (including phenoxy) is 1. The van der Waals surface area contributed by atoms with Gasteiger partial charge in [0.05, 0.1) is 11.5 Å². The lowest BCUT2D eigenvalue weighted by Gasteiger charge is -1.96. The molecule has 0 aliphatic carbocycles. The van der Waals surface area contributed by atoms with E-state index in [1.165, 1.54) is 18.2 Å². The average Bonchev–Trinajstić information content (AvgIpc) is 2.73. The lowest BCUT2D eigenvalue weighted by atomic mass is 10.1. The molecule has 0 aliphatic heterocycles. The van der Waals surface area contributed by atoms with Gasteiger partial charge in [0.2, 0.25) is 5.76 Å². The second-order valence-corrected chi connectivity index (χ2v) is 3.77. The Morgan fingerprint density at radius 2 is 2.17 bits per heavy atom. The minimum absolute atomic E-state index is 0.0313. The number of aryl methyl sites for hydroxylation is 1. The van der Waals surface area contributed by atoms with Gasteiger partial charge >= 0.3 is 5.97 Å². The molecule has 0 N–H and O–H groups in total. The SMILES string of the molecule is CCOC(=O)c1cc2cc([N+](=O)[O-])cc(C)c2o1. The van der Waals surface area contributed by atoms with E-state index in [-0.39, 0.29) is 18.1 Å². The lowest BCUT2D eigenvalue weighted by molar-refractivity contribution is -0.384. The van der Waals surface area contributed by atoms with E-state index in [0.29, 0.717) is 16.5 Å². The Bertz CT molecular complexity index is 629. The molecule has 6 heteroatoms. The lowest BCUT2D eigenvalue weighted by Crippen LogP contribution is -2.02. The highest BCUT2D eigenvalue weighted by Gasteiger charge is 2.17. The highest BCUT2D eigenvalue weighted by molar-refractivity contribution is 5.94. The fourth-order valence-electron chi connectivity index (χ4n) is 1.72. The zero-order chi connectivity index (χ0) is 13.3. The first-order valence-electron chi connectivity index (χ1n) is 5.38. The molecule has 18 heavy (non-hydrogen) atoms. The third-order valence-electron chi connectivity index (χ3n) is 2.47. The van der Waals surface area contributed by atoms with Gasteiger partial charge in [0.15, 0.2) is 0 Å². The number of benzene rings is 1. The largest absolute Gasteiger partial charge is 0.460 e. The molecule has 94 valence electrons. The van der Waals surface area contributed by atoms with E-state index >= 15 is 0 Å². The van der Waals surface area contributed by atoms with E-state index in [2.05, 4.69) is 0 Å². The van der Waals surface area contributed by atoms with Gasteiger partial charge in [-0.15, -0.1) is 0 Å². The zero-order valence-electron chi connectivity index (χ0n) is 9.93. The van der Waals surface area contributed by atoms with Crippen molar-refractivity contribution in [2.24, 2.45) is 0 Å². The standard InChI is InChI=1S/C12H11NO5/c1-3-17-12(14)10-6-8-5-9(13(15)16)4-7(2)11(8)18-10/h4-6H,3H2,1-2H3. The first-order valence-corrected chi connectivity index (χ1v) is 5.38. The minimum atomic E-state index is -0.573. The second-order valence-electron chi connectivity index (χ2n) is 3.77. The van der Waals surface area contributed by atoms with Gasteiger partial charge in [0.1, 0.15) is 5.58 Å². The van der Waals surface area contributed by atoms with Gasteiger partial charge in [-0.25, -0.2) is 4.79 Å². The number of nitro benzene ring substituents is 1. The van der Waals surface area contributed by atoms with Crippen LogP contribution in [0.1, 0.15) is 23.0 Å². The van der Waals surface area contributed by atoms with Crippen molar-refractivity contribution >= 4 is 22.6 Å². The normalized spacial score (nSPS) is 10.6. The highest BCUT2D eigenvalue weighted by Crippen LogP contribution is 2.28. The van der Waals surface area contributed by atoms with Gasteiger partial charge in [-0.3, -0.25) is 10.1 Å². The smallest absolute Gasteiger partial charge is 0.374 e. The molecular weight excluding hydrogens is 238 g/mol. The molecule has 1 heterocycles. The van der Waals surface area contributed by atoms with Crippen molar-refractivity contribution in [3.05, 3.63) is 39.6 Å². The van der Waals surface area contributed by atoms with Crippen molar-refractivity contribution in [2.45, 2.75) is 13.8 Å². The molecular formula is C12H11NO5. The highest BCUT2D eigenvalue weighted by atomic mass is 16.6. The van der Waals surface area contributed by atoms with Crippen LogP contribution in [-0.2, 0) is 4.74 Å². The van der Waals surface area contributed by atoms with E-state index in [1.807, 2.05) is 0 Å². The maximum Gasteiger partial charge on any atom is 0.374 e. The van der Waals surface area contributed by atoms with Gasteiger partial charge in [-0.2, -0.15) is 0 Å². The van der Waals surface area contributed by atoms with Gasteiger partial charge in [0, 0.05) is 17.5 Å². The molecule has 0 fully saturated rings. The Balaban J connectivity index is 2.54. The third kappa shape index (κ3) is 2.04. The third-order valence-corrected chi connectivity index (χ3v) is 2.47. The fourth-order valence-corrected chi connectivity index (χ4v) is 1.72. The van der Waals surface area contributed by atoms with Crippen LogP contribution in [0.2, 0.25) is 0 Å². The molecule has 0 aliphatic rings. The van der Waals surface area contributed by atoms with Crippen LogP contribution >= 0.6 is 0 Å². The molecule has 0 unspecified atom stereocenters. The summed E-state index contributed by atoms with van der Waals surface area (Å²) in [6.07, 6.45) is 0. The number of fused-ring (bicyclic) bond motifs is 1. The molecule has 0 saturated heterocycles. The fraction of sp³-hybridized carbons (Fsp3) is 0.250. The number of furan rings is 1. The summed E-state index contributed by atoms with van der Waals surface area (Å²) in [5, 5.41) is 11.2. The summed E-state index contributed by atoms with van der Waals surface area (Å²) in [6, 6.07) is 4.22. The van der Waals surface area contributed by atoms with Crippen LogP contribution in [0.15, 0.2) is 22.6 Å². The zero-order valence-corrected chi connectivity index (χ0v) is 9.93. The molecule has 2 rings (SSSR count). The number of non-ortho nitro benzene ring substituents is 1. The van der Waals surface area contributed by atoms with Gasteiger partial charge in [-0.05, 0) is 25.5 Å². The van der Waals surface area contributed by atoms with Crippen molar-refractivity contribution in [2.75, 3.05) is 6.61 Å². The molecule has 6 nitrogen and oxygen atoms in total. The number of esters is 1. The topological polar surface area (TPSA) is 82.6 Å². The molecule has 0 atom stereocenters. The Kier molecular flexibility index (Phi) is 3.01.